The maximum atomic E-state index is 12.1. The molecule has 1 aromatic carbocycles. The van der Waals surface area contributed by atoms with Crippen LogP contribution in [0, 0.1) is 0 Å². The zero-order chi connectivity index (χ0) is 14.5. The van der Waals surface area contributed by atoms with E-state index in [0.29, 0.717) is 18.0 Å². The van der Waals surface area contributed by atoms with Gasteiger partial charge in [-0.15, -0.1) is 0 Å². The molecule has 5 nitrogen and oxygen atoms in total. The van der Waals surface area contributed by atoms with Gasteiger partial charge < -0.3 is 10.5 Å². The Morgan fingerprint density at radius 1 is 1.37 bits per heavy atom. The summed E-state index contributed by atoms with van der Waals surface area (Å²) in [6.45, 7) is 6.14. The van der Waals surface area contributed by atoms with E-state index >= 15 is 0 Å². The van der Waals surface area contributed by atoms with Crippen molar-refractivity contribution in [2.75, 3.05) is 24.6 Å². The Hall–Kier alpha value is -1.27. The average Bonchev–Trinajstić information content (AvgIpc) is 2.28. The first kappa shape index (κ1) is 15.8. The normalized spacial score (nSPS) is 12.1. The van der Waals surface area contributed by atoms with Crippen molar-refractivity contribution in [3.63, 3.8) is 0 Å². The van der Waals surface area contributed by atoms with Gasteiger partial charge >= 0.3 is 0 Å². The van der Waals surface area contributed by atoms with Crippen molar-refractivity contribution in [2.24, 2.45) is 0 Å². The van der Waals surface area contributed by atoms with Gasteiger partial charge in [0.15, 0.2) is 0 Å². The van der Waals surface area contributed by atoms with Crippen LogP contribution in [0.15, 0.2) is 24.3 Å². The molecule has 2 N–H and O–H groups in total. The fraction of sp³-hybridized carbons (Fsp3) is 0.538. The molecule has 0 aliphatic heterocycles. The molecule has 0 saturated heterocycles. The molecule has 0 radical (unpaired) electrons. The van der Waals surface area contributed by atoms with Gasteiger partial charge in [-0.05, 0) is 26.0 Å². The van der Waals surface area contributed by atoms with Crippen molar-refractivity contribution in [1.29, 1.82) is 0 Å². The van der Waals surface area contributed by atoms with E-state index in [2.05, 4.69) is 0 Å². The second-order valence-corrected chi connectivity index (χ2v) is 6.58. The molecule has 108 valence electrons. The smallest absolute Gasteiger partial charge is 0.217 e. The maximum absolute atomic E-state index is 12.1. The van der Waals surface area contributed by atoms with Gasteiger partial charge in [0.05, 0.1) is 5.75 Å². The summed E-state index contributed by atoms with van der Waals surface area (Å²) in [5.74, 6) is 0.552. The van der Waals surface area contributed by atoms with Crippen molar-refractivity contribution in [2.45, 2.75) is 26.8 Å². The van der Waals surface area contributed by atoms with Gasteiger partial charge in [0, 0.05) is 24.3 Å². The van der Waals surface area contributed by atoms with Crippen molar-refractivity contribution in [1.82, 2.24) is 4.31 Å². The minimum Gasteiger partial charge on any atom is -0.492 e. The highest BCUT2D eigenvalue weighted by molar-refractivity contribution is 7.89. The summed E-state index contributed by atoms with van der Waals surface area (Å²) in [6, 6.07) is 6.91. The molecule has 0 aliphatic carbocycles. The van der Waals surface area contributed by atoms with Gasteiger partial charge in [-0.2, -0.15) is 4.31 Å². The molecule has 0 fully saturated rings. The van der Waals surface area contributed by atoms with Gasteiger partial charge in [0.2, 0.25) is 10.0 Å². The highest BCUT2D eigenvalue weighted by atomic mass is 32.2. The minimum atomic E-state index is -3.27. The molecule has 0 spiro atoms. The third-order valence-electron chi connectivity index (χ3n) is 2.71. The quantitative estimate of drug-likeness (QED) is 0.774. The highest BCUT2D eigenvalue weighted by Crippen LogP contribution is 2.15. The molecule has 1 aromatic rings. The summed E-state index contributed by atoms with van der Waals surface area (Å²) >= 11 is 0. The first-order valence-electron chi connectivity index (χ1n) is 6.34. The SMILES string of the molecule is CCN(C(C)C)S(=O)(=O)CCOc1cccc(N)c1. The van der Waals surface area contributed by atoms with E-state index in [9.17, 15) is 8.42 Å². The molecule has 1 rings (SSSR count). The van der Waals surface area contributed by atoms with E-state index in [1.165, 1.54) is 4.31 Å². The Morgan fingerprint density at radius 2 is 2.05 bits per heavy atom. The zero-order valence-electron chi connectivity index (χ0n) is 11.7. The molecule has 0 atom stereocenters. The topological polar surface area (TPSA) is 72.6 Å². The Bertz CT molecular complexity index is 500. The fourth-order valence-corrected chi connectivity index (χ4v) is 3.43. The van der Waals surface area contributed by atoms with Crippen LogP contribution < -0.4 is 10.5 Å². The summed E-state index contributed by atoms with van der Waals surface area (Å²) in [4.78, 5) is 0. The number of benzene rings is 1. The van der Waals surface area contributed by atoms with Gasteiger partial charge in [-0.3, -0.25) is 0 Å². The molecular weight excluding hydrogens is 264 g/mol. The first-order valence-corrected chi connectivity index (χ1v) is 7.95. The number of rotatable bonds is 7. The third-order valence-corrected chi connectivity index (χ3v) is 4.79. The number of ether oxygens (including phenoxy) is 1. The fourth-order valence-electron chi connectivity index (χ4n) is 1.87. The largest absolute Gasteiger partial charge is 0.492 e. The van der Waals surface area contributed by atoms with Gasteiger partial charge in [0.1, 0.15) is 12.4 Å². The molecule has 0 aliphatic rings. The summed E-state index contributed by atoms with van der Waals surface area (Å²) in [5.41, 5.74) is 6.21. The molecule has 0 aromatic heterocycles. The number of nitrogens with zero attached hydrogens (tertiary/aromatic N) is 1. The Kier molecular flexibility index (Phi) is 5.62. The molecule has 6 heteroatoms. The second kappa shape index (κ2) is 6.77. The van der Waals surface area contributed by atoms with Crippen LogP contribution in [-0.4, -0.2) is 37.7 Å². The van der Waals surface area contributed by atoms with Crippen molar-refractivity contribution in [3.05, 3.63) is 24.3 Å². The zero-order valence-corrected chi connectivity index (χ0v) is 12.5. The summed E-state index contributed by atoms with van der Waals surface area (Å²) in [7, 11) is -3.27. The lowest BCUT2D eigenvalue weighted by Gasteiger charge is -2.24. The summed E-state index contributed by atoms with van der Waals surface area (Å²) < 4.78 is 31.0. The number of sulfonamides is 1. The van der Waals surface area contributed by atoms with Crippen molar-refractivity contribution < 1.29 is 13.2 Å². The second-order valence-electron chi connectivity index (χ2n) is 4.53. The number of hydrogen-bond donors (Lipinski definition) is 1. The monoisotopic (exact) mass is 286 g/mol. The first-order chi connectivity index (χ1) is 8.86. The molecule has 0 heterocycles. The van der Waals surface area contributed by atoms with Crippen LogP contribution in [-0.2, 0) is 10.0 Å². The van der Waals surface area contributed by atoms with Crippen LogP contribution >= 0.6 is 0 Å². The van der Waals surface area contributed by atoms with Crippen LogP contribution in [0.2, 0.25) is 0 Å². The van der Waals surface area contributed by atoms with E-state index in [1.807, 2.05) is 20.8 Å². The predicted octanol–water partition coefficient (Wildman–Crippen LogP) is 1.71. The Balaban J connectivity index is 2.57. The summed E-state index contributed by atoms with van der Waals surface area (Å²) in [5, 5.41) is 0. The predicted molar refractivity (Wildman–Crippen MR) is 77.7 cm³/mol. The lowest BCUT2D eigenvalue weighted by Crippen LogP contribution is -2.39. The van der Waals surface area contributed by atoms with Gasteiger partial charge in [-0.1, -0.05) is 13.0 Å². The molecule has 0 bridgehead atoms. The van der Waals surface area contributed by atoms with Crippen LogP contribution in [0.1, 0.15) is 20.8 Å². The molecule has 19 heavy (non-hydrogen) atoms. The lowest BCUT2D eigenvalue weighted by atomic mass is 10.3. The van der Waals surface area contributed by atoms with Crippen molar-refractivity contribution in [3.8, 4) is 5.75 Å². The third kappa shape index (κ3) is 4.72. The maximum Gasteiger partial charge on any atom is 0.217 e. The number of hydrogen-bond acceptors (Lipinski definition) is 4. The number of nitrogens with two attached hydrogens (primary N) is 1. The number of anilines is 1. The molecule has 0 unspecified atom stereocenters. The van der Waals surface area contributed by atoms with Crippen molar-refractivity contribution >= 4 is 15.7 Å². The lowest BCUT2D eigenvalue weighted by molar-refractivity contribution is 0.327. The average molecular weight is 286 g/mol. The minimum absolute atomic E-state index is 0.0339. The highest BCUT2D eigenvalue weighted by Gasteiger charge is 2.22. The van der Waals surface area contributed by atoms with Crippen LogP contribution in [0.5, 0.6) is 5.75 Å². The molecule has 0 saturated carbocycles. The van der Waals surface area contributed by atoms with E-state index < -0.39 is 10.0 Å². The van der Waals surface area contributed by atoms with Crippen LogP contribution in [0.25, 0.3) is 0 Å². The van der Waals surface area contributed by atoms with Gasteiger partial charge in [-0.25, -0.2) is 8.42 Å². The van der Waals surface area contributed by atoms with E-state index in [0.717, 1.165) is 0 Å². The number of nitrogen functional groups attached to an aromatic ring is 1. The standard InChI is InChI=1S/C13H22N2O3S/c1-4-15(11(2)3)19(16,17)9-8-18-13-7-5-6-12(14)10-13/h5-7,10-11H,4,8-9,14H2,1-3H3. The summed E-state index contributed by atoms with van der Waals surface area (Å²) in [6.07, 6.45) is 0. The molecule has 0 amide bonds. The Labute approximate surface area is 115 Å². The van der Waals surface area contributed by atoms with Gasteiger partial charge in [0.25, 0.3) is 0 Å². The van der Waals surface area contributed by atoms with Crippen LogP contribution in [0.3, 0.4) is 0 Å². The Morgan fingerprint density at radius 3 is 2.58 bits per heavy atom. The van der Waals surface area contributed by atoms with E-state index in [4.69, 9.17) is 10.5 Å². The molecular formula is C13H22N2O3S. The van der Waals surface area contributed by atoms with Crippen LogP contribution in [0.4, 0.5) is 5.69 Å². The van der Waals surface area contributed by atoms with E-state index in [1.54, 1.807) is 24.3 Å². The van der Waals surface area contributed by atoms with E-state index in [-0.39, 0.29) is 18.4 Å².